The number of para-hydroxylation sites is 1. The van der Waals surface area contributed by atoms with Gasteiger partial charge in [0.25, 0.3) is 0 Å². The van der Waals surface area contributed by atoms with Gasteiger partial charge < -0.3 is 4.74 Å². The van der Waals surface area contributed by atoms with Gasteiger partial charge in [0.1, 0.15) is 5.60 Å². The second-order valence-corrected chi connectivity index (χ2v) is 6.48. The van der Waals surface area contributed by atoms with Crippen molar-refractivity contribution in [2.24, 2.45) is 0 Å². The van der Waals surface area contributed by atoms with E-state index in [1.807, 2.05) is 56.0 Å². The molecule has 1 saturated carbocycles. The van der Waals surface area contributed by atoms with Crippen molar-refractivity contribution >= 4 is 11.8 Å². The van der Waals surface area contributed by atoms with Crippen LogP contribution in [-0.4, -0.2) is 17.7 Å². The Labute approximate surface area is 121 Å². The molecule has 0 atom stereocenters. The third-order valence-electron chi connectivity index (χ3n) is 3.56. The van der Waals surface area contributed by atoms with Crippen molar-refractivity contribution < 1.29 is 9.53 Å². The van der Waals surface area contributed by atoms with E-state index in [2.05, 4.69) is 0 Å². The molecule has 3 heteroatoms. The van der Waals surface area contributed by atoms with Gasteiger partial charge in [0.05, 0.1) is 0 Å². The lowest BCUT2D eigenvalue weighted by atomic mass is 9.94. The van der Waals surface area contributed by atoms with Crippen LogP contribution in [0.3, 0.4) is 0 Å². The van der Waals surface area contributed by atoms with E-state index < -0.39 is 5.60 Å². The van der Waals surface area contributed by atoms with Gasteiger partial charge in [-0.05, 0) is 45.7 Å². The largest absolute Gasteiger partial charge is 0.443 e. The molecule has 0 aromatic heterocycles. The van der Waals surface area contributed by atoms with Gasteiger partial charge in [-0.1, -0.05) is 37.5 Å². The fraction of sp³-hybridized carbons (Fsp3) is 0.588. The monoisotopic (exact) mass is 275 g/mol. The highest BCUT2D eigenvalue weighted by Crippen LogP contribution is 2.28. The summed E-state index contributed by atoms with van der Waals surface area (Å²) in [5.74, 6) is 0. The lowest BCUT2D eigenvalue weighted by Gasteiger charge is -2.35. The molecule has 0 spiro atoms. The third-order valence-corrected chi connectivity index (χ3v) is 3.56. The van der Waals surface area contributed by atoms with Gasteiger partial charge >= 0.3 is 6.09 Å². The summed E-state index contributed by atoms with van der Waals surface area (Å²) in [6, 6.07) is 10.1. The summed E-state index contributed by atoms with van der Waals surface area (Å²) >= 11 is 0. The van der Waals surface area contributed by atoms with Crippen LogP contribution < -0.4 is 4.90 Å². The summed E-state index contributed by atoms with van der Waals surface area (Å²) in [6.07, 6.45) is 5.55. The van der Waals surface area contributed by atoms with Crippen LogP contribution in [0.4, 0.5) is 10.5 Å². The molecule has 1 amide bonds. The van der Waals surface area contributed by atoms with Crippen LogP contribution in [0.2, 0.25) is 0 Å². The molecule has 0 heterocycles. The van der Waals surface area contributed by atoms with Gasteiger partial charge in [0.2, 0.25) is 0 Å². The van der Waals surface area contributed by atoms with Crippen molar-refractivity contribution in [2.75, 3.05) is 4.90 Å². The first-order valence-corrected chi connectivity index (χ1v) is 7.54. The summed E-state index contributed by atoms with van der Waals surface area (Å²) in [6.45, 7) is 5.73. The molecule has 1 aliphatic rings. The molecule has 1 fully saturated rings. The first-order valence-electron chi connectivity index (χ1n) is 7.54. The highest BCUT2D eigenvalue weighted by Gasteiger charge is 2.30. The van der Waals surface area contributed by atoms with Crippen LogP contribution in [0, 0.1) is 0 Å². The van der Waals surface area contributed by atoms with Crippen LogP contribution in [0.15, 0.2) is 30.3 Å². The van der Waals surface area contributed by atoms with Crippen molar-refractivity contribution in [3.05, 3.63) is 30.3 Å². The van der Waals surface area contributed by atoms with Crippen LogP contribution in [0.1, 0.15) is 52.9 Å². The van der Waals surface area contributed by atoms with E-state index in [0.29, 0.717) is 0 Å². The van der Waals surface area contributed by atoms with Crippen molar-refractivity contribution in [1.29, 1.82) is 0 Å². The van der Waals surface area contributed by atoms with Crippen molar-refractivity contribution in [2.45, 2.75) is 64.5 Å². The van der Waals surface area contributed by atoms with Gasteiger partial charge in [0.15, 0.2) is 0 Å². The molecule has 0 bridgehead atoms. The lowest BCUT2D eigenvalue weighted by Crippen LogP contribution is -2.44. The smallest absolute Gasteiger partial charge is 0.415 e. The highest BCUT2D eigenvalue weighted by atomic mass is 16.6. The van der Waals surface area contributed by atoms with Crippen LogP contribution in [0.5, 0.6) is 0 Å². The standard InChI is InChI=1S/C17H25NO2/c1-17(2,3)20-16(19)18(14-10-6-4-7-11-14)15-12-8-5-9-13-15/h4,6-7,10-11,15H,5,8-9,12-13H2,1-3H3. The Balaban J connectivity index is 2.22. The molecule has 1 aromatic rings. The van der Waals surface area contributed by atoms with Crippen molar-refractivity contribution in [3.63, 3.8) is 0 Å². The molecule has 1 aromatic carbocycles. The maximum Gasteiger partial charge on any atom is 0.415 e. The van der Waals surface area contributed by atoms with E-state index in [4.69, 9.17) is 4.74 Å². The number of rotatable bonds is 2. The van der Waals surface area contributed by atoms with E-state index in [9.17, 15) is 4.79 Å². The summed E-state index contributed by atoms with van der Waals surface area (Å²) in [5, 5.41) is 0. The first-order chi connectivity index (χ1) is 9.47. The second kappa shape index (κ2) is 6.29. The van der Waals surface area contributed by atoms with Gasteiger partial charge in [0, 0.05) is 11.7 Å². The molecular formula is C17H25NO2. The Morgan fingerprint density at radius 3 is 2.25 bits per heavy atom. The second-order valence-electron chi connectivity index (χ2n) is 6.48. The summed E-state index contributed by atoms with van der Waals surface area (Å²) in [7, 11) is 0. The molecule has 0 radical (unpaired) electrons. The fourth-order valence-electron chi connectivity index (χ4n) is 2.70. The number of hydrogen-bond acceptors (Lipinski definition) is 2. The molecular weight excluding hydrogens is 250 g/mol. The number of anilines is 1. The molecule has 1 aliphatic carbocycles. The Bertz CT molecular complexity index is 430. The van der Waals surface area contributed by atoms with Crippen molar-refractivity contribution in [3.8, 4) is 0 Å². The minimum atomic E-state index is -0.460. The number of hydrogen-bond donors (Lipinski definition) is 0. The Kier molecular flexibility index (Phi) is 4.69. The van der Waals surface area contributed by atoms with Crippen LogP contribution in [-0.2, 0) is 4.74 Å². The number of nitrogens with zero attached hydrogens (tertiary/aromatic N) is 1. The van der Waals surface area contributed by atoms with Crippen LogP contribution in [0.25, 0.3) is 0 Å². The highest BCUT2D eigenvalue weighted by molar-refractivity contribution is 5.88. The number of amides is 1. The van der Waals surface area contributed by atoms with E-state index in [0.717, 1.165) is 18.5 Å². The normalized spacial score (nSPS) is 16.8. The fourth-order valence-corrected chi connectivity index (χ4v) is 2.70. The molecule has 0 saturated heterocycles. The summed E-state index contributed by atoms with van der Waals surface area (Å²) in [5.41, 5.74) is 0.479. The summed E-state index contributed by atoms with van der Waals surface area (Å²) < 4.78 is 5.59. The predicted molar refractivity (Wildman–Crippen MR) is 82.0 cm³/mol. The number of carbonyl (C=O) groups is 1. The topological polar surface area (TPSA) is 29.5 Å². The quantitative estimate of drug-likeness (QED) is 0.778. The van der Waals surface area contributed by atoms with E-state index >= 15 is 0 Å². The van der Waals surface area contributed by atoms with Gasteiger partial charge in [-0.15, -0.1) is 0 Å². The van der Waals surface area contributed by atoms with Crippen LogP contribution >= 0.6 is 0 Å². The molecule has 2 rings (SSSR count). The third kappa shape index (κ3) is 3.99. The van der Waals surface area contributed by atoms with E-state index in [1.54, 1.807) is 0 Å². The Hall–Kier alpha value is -1.51. The van der Waals surface area contributed by atoms with E-state index in [1.165, 1.54) is 19.3 Å². The van der Waals surface area contributed by atoms with Crippen molar-refractivity contribution in [1.82, 2.24) is 0 Å². The molecule has 0 N–H and O–H groups in total. The van der Waals surface area contributed by atoms with Gasteiger partial charge in [-0.2, -0.15) is 0 Å². The zero-order valence-corrected chi connectivity index (χ0v) is 12.8. The molecule has 110 valence electrons. The van der Waals surface area contributed by atoms with Gasteiger partial charge in [-0.25, -0.2) is 4.79 Å². The number of ether oxygens (including phenoxy) is 1. The molecule has 20 heavy (non-hydrogen) atoms. The number of carbonyl (C=O) groups excluding carboxylic acids is 1. The Morgan fingerprint density at radius 1 is 1.10 bits per heavy atom. The lowest BCUT2D eigenvalue weighted by molar-refractivity contribution is 0.0558. The average molecular weight is 275 g/mol. The molecule has 3 nitrogen and oxygen atoms in total. The average Bonchev–Trinajstić information content (AvgIpc) is 2.39. The maximum absolute atomic E-state index is 12.6. The minimum Gasteiger partial charge on any atom is -0.443 e. The zero-order chi connectivity index (χ0) is 14.6. The summed E-state index contributed by atoms with van der Waals surface area (Å²) in [4.78, 5) is 14.4. The minimum absolute atomic E-state index is 0.226. The predicted octanol–water partition coefficient (Wildman–Crippen LogP) is 4.76. The van der Waals surface area contributed by atoms with Gasteiger partial charge in [-0.3, -0.25) is 4.90 Å². The van der Waals surface area contributed by atoms with E-state index in [-0.39, 0.29) is 12.1 Å². The first kappa shape index (κ1) is 14.9. The molecule has 0 unspecified atom stereocenters. The Morgan fingerprint density at radius 2 is 1.70 bits per heavy atom. The zero-order valence-electron chi connectivity index (χ0n) is 12.8. The molecule has 0 aliphatic heterocycles. The number of benzene rings is 1. The SMILES string of the molecule is CC(C)(C)OC(=O)N(c1ccccc1)C1CCCCC1. The maximum atomic E-state index is 12.6.